The fraction of sp³-hybridized carbons (Fsp3) is 0.300. The Kier molecular flexibility index (Phi) is 2.62. The van der Waals surface area contributed by atoms with Crippen molar-refractivity contribution in [3.63, 3.8) is 0 Å². The van der Waals surface area contributed by atoms with Crippen LogP contribution in [0.2, 0.25) is 5.02 Å². The van der Waals surface area contributed by atoms with E-state index in [0.29, 0.717) is 4.47 Å². The SMILES string of the molecule is O=C(c1cc(Br)cc(Cl)c1F)C1CC1. The van der Waals surface area contributed by atoms with Crippen molar-refractivity contribution < 1.29 is 9.18 Å². The number of halogens is 3. The average Bonchev–Trinajstić information content (AvgIpc) is 2.93. The van der Waals surface area contributed by atoms with Crippen LogP contribution in [0.3, 0.4) is 0 Å². The lowest BCUT2D eigenvalue weighted by Gasteiger charge is -2.03. The van der Waals surface area contributed by atoms with Crippen LogP contribution in [-0.2, 0) is 0 Å². The highest BCUT2D eigenvalue weighted by Crippen LogP contribution is 2.35. The maximum absolute atomic E-state index is 13.4. The Balaban J connectivity index is 2.45. The molecular formula is C10H7BrClFO. The van der Waals surface area contributed by atoms with Crippen LogP contribution < -0.4 is 0 Å². The van der Waals surface area contributed by atoms with Crippen LogP contribution in [0.5, 0.6) is 0 Å². The number of carbonyl (C=O) groups excluding carboxylic acids is 1. The molecule has 2 rings (SSSR count). The van der Waals surface area contributed by atoms with Crippen molar-refractivity contribution in [2.24, 2.45) is 5.92 Å². The number of carbonyl (C=O) groups is 1. The molecule has 14 heavy (non-hydrogen) atoms. The van der Waals surface area contributed by atoms with Gasteiger partial charge in [-0.1, -0.05) is 27.5 Å². The fourth-order valence-corrected chi connectivity index (χ4v) is 2.11. The van der Waals surface area contributed by atoms with Gasteiger partial charge in [-0.05, 0) is 25.0 Å². The number of benzene rings is 1. The smallest absolute Gasteiger partial charge is 0.168 e. The zero-order valence-electron chi connectivity index (χ0n) is 7.19. The van der Waals surface area contributed by atoms with Crippen LogP contribution in [0.4, 0.5) is 4.39 Å². The molecule has 1 aliphatic rings. The summed E-state index contributed by atoms with van der Waals surface area (Å²) in [5.74, 6) is -0.729. The van der Waals surface area contributed by atoms with E-state index in [-0.39, 0.29) is 22.3 Å². The Bertz CT molecular complexity index is 401. The minimum Gasteiger partial charge on any atom is -0.294 e. The third-order valence-corrected chi connectivity index (χ3v) is 2.94. The van der Waals surface area contributed by atoms with Crippen LogP contribution in [0.15, 0.2) is 16.6 Å². The maximum Gasteiger partial charge on any atom is 0.168 e. The minimum atomic E-state index is -0.605. The van der Waals surface area contributed by atoms with E-state index >= 15 is 0 Å². The van der Waals surface area contributed by atoms with Gasteiger partial charge in [0.05, 0.1) is 10.6 Å². The molecule has 0 atom stereocenters. The van der Waals surface area contributed by atoms with Crippen LogP contribution in [-0.4, -0.2) is 5.78 Å². The first-order chi connectivity index (χ1) is 6.59. The third kappa shape index (κ3) is 1.84. The van der Waals surface area contributed by atoms with Crippen molar-refractivity contribution in [3.05, 3.63) is 33.0 Å². The molecule has 0 N–H and O–H groups in total. The molecule has 1 aromatic rings. The number of hydrogen-bond acceptors (Lipinski definition) is 1. The molecule has 0 unspecified atom stereocenters. The average molecular weight is 278 g/mol. The van der Waals surface area contributed by atoms with Crippen molar-refractivity contribution in [1.29, 1.82) is 0 Å². The largest absolute Gasteiger partial charge is 0.294 e. The lowest BCUT2D eigenvalue weighted by Crippen LogP contribution is -2.04. The van der Waals surface area contributed by atoms with Crippen LogP contribution in [0, 0.1) is 11.7 Å². The maximum atomic E-state index is 13.4. The number of rotatable bonds is 2. The second-order valence-corrected chi connectivity index (χ2v) is 4.71. The number of Topliss-reactive ketones (excluding diaryl/α,β-unsaturated/α-hetero) is 1. The monoisotopic (exact) mass is 276 g/mol. The minimum absolute atomic E-state index is 0.00914. The second kappa shape index (κ2) is 3.63. The number of hydrogen-bond donors (Lipinski definition) is 0. The van der Waals surface area contributed by atoms with E-state index in [1.165, 1.54) is 12.1 Å². The highest BCUT2D eigenvalue weighted by molar-refractivity contribution is 9.10. The van der Waals surface area contributed by atoms with Gasteiger partial charge in [0.15, 0.2) is 11.6 Å². The lowest BCUT2D eigenvalue weighted by molar-refractivity contribution is 0.0963. The van der Waals surface area contributed by atoms with E-state index in [1.54, 1.807) is 0 Å². The van der Waals surface area contributed by atoms with Gasteiger partial charge in [-0.25, -0.2) is 4.39 Å². The molecule has 0 bridgehead atoms. The Morgan fingerprint density at radius 3 is 2.71 bits per heavy atom. The van der Waals surface area contributed by atoms with Gasteiger partial charge < -0.3 is 0 Å². The predicted octanol–water partition coefficient (Wildman–Crippen LogP) is 3.83. The van der Waals surface area contributed by atoms with Gasteiger partial charge in [-0.3, -0.25) is 4.79 Å². The molecule has 0 aromatic heterocycles. The van der Waals surface area contributed by atoms with Crippen LogP contribution >= 0.6 is 27.5 Å². The zero-order valence-corrected chi connectivity index (χ0v) is 9.53. The van der Waals surface area contributed by atoms with Gasteiger partial charge in [0.2, 0.25) is 0 Å². The summed E-state index contributed by atoms with van der Waals surface area (Å²) in [7, 11) is 0. The Labute approximate surface area is 94.4 Å². The molecule has 1 saturated carbocycles. The van der Waals surface area contributed by atoms with Gasteiger partial charge in [0.1, 0.15) is 0 Å². The molecule has 1 nitrogen and oxygen atoms in total. The summed E-state index contributed by atoms with van der Waals surface area (Å²) >= 11 is 8.81. The third-order valence-electron chi connectivity index (χ3n) is 2.21. The molecule has 4 heteroatoms. The van der Waals surface area contributed by atoms with Gasteiger partial charge in [-0.15, -0.1) is 0 Å². The molecule has 1 aliphatic carbocycles. The fourth-order valence-electron chi connectivity index (χ4n) is 1.30. The van der Waals surface area contributed by atoms with E-state index in [2.05, 4.69) is 15.9 Å². The lowest BCUT2D eigenvalue weighted by atomic mass is 10.1. The van der Waals surface area contributed by atoms with Gasteiger partial charge in [-0.2, -0.15) is 0 Å². The van der Waals surface area contributed by atoms with Crippen LogP contribution in [0.25, 0.3) is 0 Å². The molecule has 0 heterocycles. The van der Waals surface area contributed by atoms with Gasteiger partial charge >= 0.3 is 0 Å². The molecule has 0 spiro atoms. The molecule has 0 aliphatic heterocycles. The predicted molar refractivity (Wildman–Crippen MR) is 56.2 cm³/mol. The molecule has 0 amide bonds. The van der Waals surface area contributed by atoms with Crippen LogP contribution in [0.1, 0.15) is 23.2 Å². The highest BCUT2D eigenvalue weighted by atomic mass is 79.9. The Morgan fingerprint density at radius 2 is 2.14 bits per heavy atom. The summed E-state index contributed by atoms with van der Waals surface area (Å²) in [6.07, 6.45) is 1.73. The van der Waals surface area contributed by atoms with Crippen molar-refractivity contribution in [3.8, 4) is 0 Å². The molecule has 74 valence electrons. The van der Waals surface area contributed by atoms with E-state index in [1.807, 2.05) is 0 Å². The van der Waals surface area contributed by atoms with Crippen molar-refractivity contribution in [2.75, 3.05) is 0 Å². The molecule has 1 fully saturated rings. The standard InChI is InChI=1S/C10H7BrClFO/c11-6-3-7(9(13)8(12)4-6)10(14)5-1-2-5/h3-5H,1-2H2. The van der Waals surface area contributed by atoms with Crippen molar-refractivity contribution in [1.82, 2.24) is 0 Å². The second-order valence-electron chi connectivity index (χ2n) is 3.39. The van der Waals surface area contributed by atoms with Crippen molar-refractivity contribution >= 4 is 33.3 Å². The first-order valence-corrected chi connectivity index (χ1v) is 5.45. The normalized spacial score (nSPS) is 15.6. The molecule has 1 aromatic carbocycles. The summed E-state index contributed by atoms with van der Waals surface area (Å²) in [6.45, 7) is 0. The number of ketones is 1. The summed E-state index contributed by atoms with van der Waals surface area (Å²) in [4.78, 5) is 11.6. The Hall–Kier alpha value is -0.410. The van der Waals surface area contributed by atoms with E-state index in [9.17, 15) is 9.18 Å². The summed E-state index contributed by atoms with van der Waals surface area (Å²) in [5, 5.41) is -0.0108. The molecule has 0 radical (unpaired) electrons. The van der Waals surface area contributed by atoms with E-state index < -0.39 is 5.82 Å². The molecular weight excluding hydrogens is 270 g/mol. The van der Waals surface area contributed by atoms with Crippen molar-refractivity contribution in [2.45, 2.75) is 12.8 Å². The molecule has 0 saturated heterocycles. The zero-order chi connectivity index (χ0) is 10.3. The summed E-state index contributed by atoms with van der Waals surface area (Å²) < 4.78 is 14.1. The summed E-state index contributed by atoms with van der Waals surface area (Å²) in [6, 6.07) is 2.93. The Morgan fingerprint density at radius 1 is 1.50 bits per heavy atom. The topological polar surface area (TPSA) is 17.1 Å². The summed E-state index contributed by atoms with van der Waals surface area (Å²) in [5.41, 5.74) is 0.104. The highest BCUT2D eigenvalue weighted by Gasteiger charge is 2.32. The van der Waals surface area contributed by atoms with E-state index in [0.717, 1.165) is 12.8 Å². The quantitative estimate of drug-likeness (QED) is 0.593. The first-order valence-electron chi connectivity index (χ1n) is 4.28. The van der Waals surface area contributed by atoms with Gasteiger partial charge in [0, 0.05) is 10.4 Å². The first kappa shape index (κ1) is 10.1. The van der Waals surface area contributed by atoms with Gasteiger partial charge in [0.25, 0.3) is 0 Å². The van der Waals surface area contributed by atoms with E-state index in [4.69, 9.17) is 11.6 Å².